The Morgan fingerprint density at radius 3 is 1.95 bits per heavy atom. The Labute approximate surface area is 241 Å². The molecule has 7 heteroatoms. The van der Waals surface area contributed by atoms with Crippen molar-refractivity contribution in [2.24, 2.45) is 11.8 Å². The molecule has 0 heterocycles. The summed E-state index contributed by atoms with van der Waals surface area (Å²) in [6.45, 7) is 18.0. The van der Waals surface area contributed by atoms with Crippen molar-refractivity contribution in [3.63, 3.8) is 0 Å². The van der Waals surface area contributed by atoms with Crippen molar-refractivity contribution >= 4 is 19.1 Å². The summed E-state index contributed by atoms with van der Waals surface area (Å²) in [6, 6.07) is 3.84. The summed E-state index contributed by atoms with van der Waals surface area (Å²) in [6.07, 6.45) is 14.8. The van der Waals surface area contributed by atoms with Crippen LogP contribution in [0.25, 0.3) is 0 Å². The van der Waals surface area contributed by atoms with E-state index < -0.39 is 7.75 Å². The third-order valence-electron chi connectivity index (χ3n) is 8.10. The molecule has 0 saturated carbocycles. The summed E-state index contributed by atoms with van der Waals surface area (Å²) in [7, 11) is -4.46. The second-order valence-electron chi connectivity index (χ2n) is 11.1. The lowest BCUT2D eigenvalue weighted by Gasteiger charge is -2.35. The first-order valence-corrected chi connectivity index (χ1v) is 17.6. The van der Waals surface area contributed by atoms with E-state index in [1.54, 1.807) is 0 Å². The highest BCUT2D eigenvalue weighted by Crippen LogP contribution is 2.49. The lowest BCUT2D eigenvalue weighted by molar-refractivity contribution is 0.233. The van der Waals surface area contributed by atoms with E-state index in [9.17, 15) is 14.4 Å². The van der Waals surface area contributed by atoms with Gasteiger partial charge in [0.05, 0.1) is 18.0 Å². The zero-order valence-corrected chi connectivity index (χ0v) is 27.3. The van der Waals surface area contributed by atoms with Crippen LogP contribution in [0.4, 0.5) is 11.4 Å². The third-order valence-corrected chi connectivity index (χ3v) is 9.23. The van der Waals surface area contributed by atoms with Gasteiger partial charge in [-0.05, 0) is 56.6 Å². The third kappa shape index (κ3) is 12.0. The van der Waals surface area contributed by atoms with Gasteiger partial charge in [-0.2, -0.15) is 0 Å². The summed E-state index contributed by atoms with van der Waals surface area (Å²) < 4.78 is 20.4. The number of rotatable bonds is 23. The Morgan fingerprint density at radius 1 is 0.821 bits per heavy atom. The van der Waals surface area contributed by atoms with E-state index >= 15 is 0 Å². The van der Waals surface area contributed by atoms with Crippen LogP contribution in [0.2, 0.25) is 0 Å². The Morgan fingerprint density at radius 2 is 1.44 bits per heavy atom. The minimum absolute atomic E-state index is 0.246. The van der Waals surface area contributed by atoms with Crippen LogP contribution in [0.15, 0.2) is 12.1 Å². The summed E-state index contributed by atoms with van der Waals surface area (Å²) in [5.41, 5.74) is 2.67. The van der Waals surface area contributed by atoms with E-state index in [0.29, 0.717) is 30.6 Å². The van der Waals surface area contributed by atoms with E-state index in [4.69, 9.17) is 4.74 Å². The SMILES string of the molecule is CCCCCCN(CC(CC)CCCC)c1c(OCC(CC)CCCC)ccc(N(CC)P(=O)(O)O)c1CC. The van der Waals surface area contributed by atoms with Crippen molar-refractivity contribution in [1.29, 1.82) is 0 Å². The quantitative estimate of drug-likeness (QED) is 0.101. The number of unbranched alkanes of at least 4 members (excludes halogenated alkanes) is 5. The van der Waals surface area contributed by atoms with Gasteiger partial charge in [-0.1, -0.05) is 99.3 Å². The van der Waals surface area contributed by atoms with Crippen LogP contribution >= 0.6 is 7.75 Å². The molecule has 1 rings (SSSR count). The van der Waals surface area contributed by atoms with Gasteiger partial charge in [0.2, 0.25) is 0 Å². The van der Waals surface area contributed by atoms with Crippen LogP contribution in [0.1, 0.15) is 131 Å². The Bertz CT molecular complexity index is 829. The van der Waals surface area contributed by atoms with E-state index in [1.165, 1.54) is 62.5 Å². The average Bonchev–Trinajstić information content (AvgIpc) is 2.92. The highest BCUT2D eigenvalue weighted by molar-refractivity contribution is 7.53. The molecular formula is C32H61N2O4P. The normalized spacial score (nSPS) is 13.4. The predicted molar refractivity (Wildman–Crippen MR) is 169 cm³/mol. The molecule has 228 valence electrons. The number of anilines is 2. The van der Waals surface area contributed by atoms with Crippen molar-refractivity contribution in [3.05, 3.63) is 17.7 Å². The predicted octanol–water partition coefficient (Wildman–Crippen LogP) is 9.37. The van der Waals surface area contributed by atoms with Gasteiger partial charge >= 0.3 is 7.75 Å². The highest BCUT2D eigenvalue weighted by Gasteiger charge is 2.30. The second-order valence-corrected chi connectivity index (χ2v) is 12.7. The van der Waals surface area contributed by atoms with E-state index in [2.05, 4.69) is 46.4 Å². The molecule has 2 N–H and O–H groups in total. The molecule has 0 aromatic heterocycles. The number of hydrogen-bond donors (Lipinski definition) is 2. The Balaban J connectivity index is 3.65. The molecule has 0 aliphatic carbocycles. The molecule has 1 aromatic carbocycles. The Hall–Kier alpha value is -1.23. The van der Waals surface area contributed by atoms with E-state index in [-0.39, 0.29) is 6.54 Å². The first kappa shape index (κ1) is 35.8. The van der Waals surface area contributed by atoms with Crippen molar-refractivity contribution < 1.29 is 19.1 Å². The van der Waals surface area contributed by atoms with Crippen LogP contribution in [0, 0.1) is 11.8 Å². The first-order chi connectivity index (χ1) is 18.7. The molecule has 0 radical (unpaired) electrons. The maximum absolute atomic E-state index is 12.5. The van der Waals surface area contributed by atoms with E-state index in [0.717, 1.165) is 49.4 Å². The van der Waals surface area contributed by atoms with Gasteiger partial charge in [0.25, 0.3) is 0 Å². The maximum Gasteiger partial charge on any atom is 0.430 e. The summed E-state index contributed by atoms with van der Waals surface area (Å²) in [5, 5.41) is 0. The van der Waals surface area contributed by atoms with Gasteiger partial charge in [0.1, 0.15) is 5.75 Å². The zero-order valence-electron chi connectivity index (χ0n) is 26.4. The molecule has 0 saturated heterocycles. The van der Waals surface area contributed by atoms with Crippen molar-refractivity contribution in [1.82, 2.24) is 0 Å². The van der Waals surface area contributed by atoms with Crippen LogP contribution < -0.4 is 14.3 Å². The Kier molecular flexibility index (Phi) is 18.2. The average molecular weight is 569 g/mol. The standard InChI is InChI=1S/C32H61N2O4P/c1-8-15-18-19-24-33(25-27(11-4)20-16-9-2)32-29(13-6)30(34(14-7)39(35,36)37)22-23-31(32)38-26-28(12-5)21-17-10-3/h22-23,27-28H,8-21,24-26H2,1-7H3,(H2,35,36,37). The van der Waals surface area contributed by atoms with Crippen LogP contribution in [-0.4, -0.2) is 36.0 Å². The van der Waals surface area contributed by atoms with Crippen molar-refractivity contribution in [2.75, 3.05) is 35.8 Å². The van der Waals surface area contributed by atoms with Crippen LogP contribution in [-0.2, 0) is 11.0 Å². The molecule has 0 aliphatic heterocycles. The molecule has 0 aliphatic rings. The van der Waals surface area contributed by atoms with Gasteiger partial charge in [-0.25, -0.2) is 4.57 Å². The number of ether oxygens (including phenoxy) is 1. The summed E-state index contributed by atoms with van der Waals surface area (Å²) in [4.78, 5) is 22.9. The van der Waals surface area contributed by atoms with Gasteiger partial charge in [0.15, 0.2) is 0 Å². The molecule has 2 atom stereocenters. The molecule has 2 unspecified atom stereocenters. The van der Waals surface area contributed by atoms with Crippen molar-refractivity contribution in [3.8, 4) is 5.75 Å². The fraction of sp³-hybridized carbons (Fsp3) is 0.812. The smallest absolute Gasteiger partial charge is 0.430 e. The van der Waals surface area contributed by atoms with Gasteiger partial charge < -0.3 is 19.4 Å². The number of benzene rings is 1. The summed E-state index contributed by atoms with van der Waals surface area (Å²) in [5.74, 6) is 1.96. The molecule has 0 amide bonds. The largest absolute Gasteiger partial charge is 0.491 e. The number of nitrogens with zero attached hydrogens (tertiary/aromatic N) is 2. The highest BCUT2D eigenvalue weighted by atomic mass is 31.2. The molecule has 6 nitrogen and oxygen atoms in total. The topological polar surface area (TPSA) is 73.2 Å². The molecule has 0 spiro atoms. The number of hydrogen-bond acceptors (Lipinski definition) is 3. The van der Waals surface area contributed by atoms with E-state index in [1.807, 2.05) is 19.1 Å². The van der Waals surface area contributed by atoms with Crippen molar-refractivity contribution in [2.45, 2.75) is 132 Å². The fourth-order valence-electron chi connectivity index (χ4n) is 5.51. The first-order valence-electron chi connectivity index (χ1n) is 16.1. The molecular weight excluding hydrogens is 507 g/mol. The van der Waals surface area contributed by atoms with Crippen LogP contribution in [0.3, 0.4) is 0 Å². The lowest BCUT2D eigenvalue weighted by Crippen LogP contribution is -2.33. The molecule has 1 aromatic rings. The zero-order chi connectivity index (χ0) is 29.3. The van der Waals surface area contributed by atoms with Gasteiger partial charge in [-0.15, -0.1) is 0 Å². The summed E-state index contributed by atoms with van der Waals surface area (Å²) >= 11 is 0. The fourth-order valence-corrected chi connectivity index (χ4v) is 6.35. The lowest BCUT2D eigenvalue weighted by atomic mass is 9.97. The molecule has 0 bridgehead atoms. The monoisotopic (exact) mass is 568 g/mol. The van der Waals surface area contributed by atoms with Crippen LogP contribution in [0.5, 0.6) is 5.75 Å². The molecule has 39 heavy (non-hydrogen) atoms. The van der Waals surface area contributed by atoms with Gasteiger partial charge in [-0.3, -0.25) is 4.67 Å². The van der Waals surface area contributed by atoms with Gasteiger partial charge in [0, 0.05) is 25.2 Å². The maximum atomic E-state index is 12.5. The minimum atomic E-state index is -4.46. The second kappa shape index (κ2) is 19.8. The molecule has 0 fully saturated rings. The minimum Gasteiger partial charge on any atom is -0.491 e.